The second-order valence-corrected chi connectivity index (χ2v) is 3.20. The summed E-state index contributed by atoms with van der Waals surface area (Å²) < 4.78 is 5.23. The van der Waals surface area contributed by atoms with Crippen LogP contribution in [0.3, 0.4) is 0 Å². The second-order valence-electron chi connectivity index (χ2n) is 2.33. The number of rotatable bonds is 4. The van der Waals surface area contributed by atoms with E-state index in [0.29, 0.717) is 0 Å². The molecule has 0 saturated heterocycles. The molecule has 0 unspecified atom stereocenters. The van der Waals surface area contributed by atoms with Gasteiger partial charge in [-0.15, -0.1) is 0 Å². The fraction of sp³-hybridized carbons (Fsp3) is 0.375. The number of amides is 1. The van der Waals surface area contributed by atoms with E-state index in [9.17, 15) is 4.79 Å². The second kappa shape index (κ2) is 4.94. The Bertz CT molecular complexity index is 285. The van der Waals surface area contributed by atoms with E-state index in [4.69, 9.17) is 4.42 Å². The predicted octanol–water partition coefficient (Wildman–Crippen LogP) is 1.43. The Kier molecular flexibility index (Phi) is 3.85. The minimum absolute atomic E-state index is 0.269. The maximum Gasteiger partial charge on any atom is 0.310 e. The highest BCUT2D eigenvalue weighted by atomic mass is 32.2. The van der Waals surface area contributed by atoms with Crippen LogP contribution in [0.25, 0.3) is 0 Å². The maximum atomic E-state index is 11.1. The first kappa shape index (κ1) is 10.1. The molecule has 1 aromatic heterocycles. The molecular formula is C8H11NO3S. The molecule has 1 N–H and O–H groups in total. The number of carbonyl (C=O) groups is 1. The average molecular weight is 201 g/mol. The van der Waals surface area contributed by atoms with Crippen molar-refractivity contribution in [1.29, 1.82) is 0 Å². The van der Waals surface area contributed by atoms with E-state index < -0.39 is 0 Å². The van der Waals surface area contributed by atoms with E-state index in [1.54, 1.807) is 23.9 Å². The van der Waals surface area contributed by atoms with Crippen molar-refractivity contribution in [3.63, 3.8) is 0 Å². The Morgan fingerprint density at radius 2 is 2.46 bits per heavy atom. The number of thioether (sulfide) groups is 1. The molecule has 1 rings (SSSR count). The number of hydrogen-bond acceptors (Lipinski definition) is 4. The first-order valence-corrected chi connectivity index (χ1v) is 5.08. The third-order valence-electron chi connectivity index (χ3n) is 1.37. The third kappa shape index (κ3) is 2.78. The minimum atomic E-state index is -0.366. The zero-order chi connectivity index (χ0) is 9.68. The van der Waals surface area contributed by atoms with E-state index in [1.807, 2.05) is 6.26 Å². The van der Waals surface area contributed by atoms with E-state index >= 15 is 0 Å². The van der Waals surface area contributed by atoms with Crippen LogP contribution in [0, 0.1) is 0 Å². The Hall–Kier alpha value is -0.940. The lowest BCUT2D eigenvalue weighted by Crippen LogP contribution is -2.21. The molecule has 5 heteroatoms. The lowest BCUT2D eigenvalue weighted by Gasteiger charge is -1.97. The van der Waals surface area contributed by atoms with Crippen LogP contribution in [0.5, 0.6) is 0 Å². The molecule has 13 heavy (non-hydrogen) atoms. The van der Waals surface area contributed by atoms with Crippen molar-refractivity contribution in [3.8, 4) is 0 Å². The Morgan fingerprint density at radius 3 is 3.08 bits per heavy atom. The average Bonchev–Trinajstić information content (AvgIpc) is 2.54. The molecule has 0 fully saturated rings. The van der Waals surface area contributed by atoms with Gasteiger partial charge >= 0.3 is 5.91 Å². The summed E-state index contributed by atoms with van der Waals surface area (Å²) in [6.45, 7) is 0. The number of hydroxylamine groups is 1. The SMILES string of the molecule is CONC(=O)c1ccc(CSC)o1. The van der Waals surface area contributed by atoms with Crippen LogP contribution < -0.4 is 5.48 Å². The maximum absolute atomic E-state index is 11.1. The number of carbonyl (C=O) groups excluding carboxylic acids is 1. The normalized spacial score (nSPS) is 10.0. The van der Waals surface area contributed by atoms with Crippen molar-refractivity contribution < 1.29 is 14.0 Å². The zero-order valence-electron chi connectivity index (χ0n) is 7.49. The molecule has 0 aromatic carbocycles. The standard InChI is InChI=1S/C8H11NO3S/c1-11-9-8(10)7-4-3-6(12-7)5-13-2/h3-4H,5H2,1-2H3,(H,9,10). The van der Waals surface area contributed by atoms with E-state index in [0.717, 1.165) is 11.5 Å². The van der Waals surface area contributed by atoms with Gasteiger partial charge in [0.15, 0.2) is 5.76 Å². The van der Waals surface area contributed by atoms with Gasteiger partial charge < -0.3 is 4.42 Å². The van der Waals surface area contributed by atoms with Gasteiger partial charge in [-0.25, -0.2) is 5.48 Å². The summed E-state index contributed by atoms with van der Waals surface area (Å²) in [4.78, 5) is 15.6. The van der Waals surface area contributed by atoms with Gasteiger partial charge in [-0.2, -0.15) is 11.8 Å². The largest absolute Gasteiger partial charge is 0.455 e. The molecule has 1 heterocycles. The lowest BCUT2D eigenvalue weighted by molar-refractivity contribution is 0.0508. The monoisotopic (exact) mass is 201 g/mol. The van der Waals surface area contributed by atoms with E-state index in [1.165, 1.54) is 7.11 Å². The summed E-state index contributed by atoms with van der Waals surface area (Å²) >= 11 is 1.64. The van der Waals surface area contributed by atoms with Crippen LogP contribution >= 0.6 is 11.8 Å². The Labute approximate surface area is 80.6 Å². The van der Waals surface area contributed by atoms with Crippen molar-refractivity contribution in [1.82, 2.24) is 5.48 Å². The number of hydrogen-bond donors (Lipinski definition) is 1. The van der Waals surface area contributed by atoms with Crippen LogP contribution in [0.4, 0.5) is 0 Å². The van der Waals surface area contributed by atoms with Gasteiger partial charge in [-0.3, -0.25) is 9.63 Å². The molecule has 0 saturated carbocycles. The predicted molar refractivity (Wildman–Crippen MR) is 50.4 cm³/mol. The Morgan fingerprint density at radius 1 is 1.69 bits per heavy atom. The molecule has 0 atom stereocenters. The topological polar surface area (TPSA) is 51.5 Å². The van der Waals surface area contributed by atoms with Crippen molar-refractivity contribution >= 4 is 17.7 Å². The quantitative estimate of drug-likeness (QED) is 0.749. The summed E-state index contributed by atoms with van der Waals surface area (Å²) in [5.41, 5.74) is 2.18. The van der Waals surface area contributed by atoms with Crippen LogP contribution in [-0.2, 0) is 10.6 Å². The fourth-order valence-corrected chi connectivity index (χ4v) is 1.30. The summed E-state index contributed by atoms with van der Waals surface area (Å²) in [5, 5.41) is 0. The molecule has 0 aliphatic heterocycles. The molecule has 0 spiro atoms. The smallest absolute Gasteiger partial charge is 0.310 e. The van der Waals surface area contributed by atoms with Crippen molar-refractivity contribution in [2.45, 2.75) is 5.75 Å². The summed E-state index contributed by atoms with van der Waals surface area (Å²) in [6.07, 6.45) is 1.97. The highest BCUT2D eigenvalue weighted by molar-refractivity contribution is 7.97. The van der Waals surface area contributed by atoms with Crippen LogP contribution in [0.1, 0.15) is 16.3 Å². The molecule has 0 radical (unpaired) electrons. The Balaban J connectivity index is 2.62. The van der Waals surface area contributed by atoms with Crippen LogP contribution in [-0.4, -0.2) is 19.3 Å². The van der Waals surface area contributed by atoms with Crippen molar-refractivity contribution in [2.24, 2.45) is 0 Å². The van der Waals surface area contributed by atoms with Crippen molar-refractivity contribution in [2.75, 3.05) is 13.4 Å². The van der Waals surface area contributed by atoms with Gasteiger partial charge in [0.2, 0.25) is 0 Å². The molecule has 72 valence electrons. The molecule has 1 amide bonds. The highest BCUT2D eigenvalue weighted by Gasteiger charge is 2.09. The number of nitrogens with one attached hydrogen (secondary N) is 1. The first-order chi connectivity index (χ1) is 6.27. The van der Waals surface area contributed by atoms with E-state index in [2.05, 4.69) is 10.3 Å². The van der Waals surface area contributed by atoms with Gasteiger partial charge in [-0.1, -0.05) is 0 Å². The molecule has 0 aliphatic carbocycles. The minimum Gasteiger partial charge on any atom is -0.455 e. The number of furan rings is 1. The van der Waals surface area contributed by atoms with Gasteiger partial charge in [-0.05, 0) is 18.4 Å². The molecular weight excluding hydrogens is 190 g/mol. The molecule has 0 aliphatic rings. The van der Waals surface area contributed by atoms with E-state index in [-0.39, 0.29) is 11.7 Å². The zero-order valence-corrected chi connectivity index (χ0v) is 8.31. The first-order valence-electron chi connectivity index (χ1n) is 3.69. The van der Waals surface area contributed by atoms with Crippen LogP contribution in [0.15, 0.2) is 16.5 Å². The van der Waals surface area contributed by atoms with Gasteiger partial charge in [0.05, 0.1) is 12.9 Å². The highest BCUT2D eigenvalue weighted by Crippen LogP contribution is 2.13. The molecule has 1 aromatic rings. The van der Waals surface area contributed by atoms with Gasteiger partial charge in [0.1, 0.15) is 5.76 Å². The third-order valence-corrected chi connectivity index (χ3v) is 1.94. The van der Waals surface area contributed by atoms with Gasteiger partial charge in [0, 0.05) is 0 Å². The summed E-state index contributed by atoms with van der Waals surface area (Å²) in [6, 6.07) is 3.40. The van der Waals surface area contributed by atoms with Crippen molar-refractivity contribution in [3.05, 3.63) is 23.7 Å². The van der Waals surface area contributed by atoms with Gasteiger partial charge in [0.25, 0.3) is 0 Å². The summed E-state index contributed by atoms with van der Waals surface area (Å²) in [7, 11) is 1.38. The lowest BCUT2D eigenvalue weighted by atomic mass is 10.4. The fourth-order valence-electron chi connectivity index (χ4n) is 0.863. The molecule has 4 nitrogen and oxygen atoms in total. The summed E-state index contributed by atoms with van der Waals surface area (Å²) in [5.74, 6) is 1.45. The molecule has 0 bridgehead atoms. The van der Waals surface area contributed by atoms with Crippen LogP contribution in [0.2, 0.25) is 0 Å².